The van der Waals surface area contributed by atoms with Gasteiger partial charge in [-0.2, -0.15) is 5.10 Å². The van der Waals surface area contributed by atoms with Crippen molar-refractivity contribution in [2.75, 3.05) is 12.3 Å². The lowest BCUT2D eigenvalue weighted by Crippen LogP contribution is -2.25. The maximum absolute atomic E-state index is 12.7. The van der Waals surface area contributed by atoms with E-state index in [-0.39, 0.29) is 4.90 Å². The van der Waals surface area contributed by atoms with Gasteiger partial charge in [-0.05, 0) is 42.8 Å². The van der Waals surface area contributed by atoms with Gasteiger partial charge < -0.3 is 5.73 Å². The average Bonchev–Trinajstić information content (AvgIpc) is 3.10. The van der Waals surface area contributed by atoms with Gasteiger partial charge in [-0.15, -0.1) is 0 Å². The van der Waals surface area contributed by atoms with Gasteiger partial charge in [0.1, 0.15) is 0 Å². The lowest BCUT2D eigenvalue weighted by molar-refractivity contribution is 0.581. The fourth-order valence-corrected chi connectivity index (χ4v) is 3.91. The molecule has 0 radical (unpaired) electrons. The molecule has 0 atom stereocenters. The molecule has 0 aliphatic carbocycles. The van der Waals surface area contributed by atoms with Crippen molar-refractivity contribution in [2.45, 2.75) is 18.2 Å². The van der Waals surface area contributed by atoms with Crippen LogP contribution in [0.25, 0.3) is 16.9 Å². The zero-order valence-corrected chi connectivity index (χ0v) is 14.7. The van der Waals surface area contributed by atoms with Crippen LogP contribution in [0.2, 0.25) is 0 Å². The monoisotopic (exact) mass is 356 g/mol. The van der Waals surface area contributed by atoms with E-state index >= 15 is 0 Å². The van der Waals surface area contributed by atoms with Crippen molar-refractivity contribution in [1.29, 1.82) is 0 Å². The van der Waals surface area contributed by atoms with Crippen molar-refractivity contribution in [3.8, 4) is 16.9 Å². The van der Waals surface area contributed by atoms with Crippen molar-refractivity contribution in [3.63, 3.8) is 0 Å². The first-order chi connectivity index (χ1) is 12.0. The summed E-state index contributed by atoms with van der Waals surface area (Å²) in [6.45, 7) is 2.29. The summed E-state index contributed by atoms with van der Waals surface area (Å²) in [7, 11) is -3.64. The summed E-state index contributed by atoms with van der Waals surface area (Å²) < 4.78 is 29.7. The molecule has 25 heavy (non-hydrogen) atoms. The van der Waals surface area contributed by atoms with Crippen LogP contribution in [0.3, 0.4) is 0 Å². The smallest absolute Gasteiger partial charge is 0.241 e. The number of nitrogens with one attached hydrogen (secondary N) is 1. The number of anilines is 1. The van der Waals surface area contributed by atoms with Crippen LogP contribution in [0.15, 0.2) is 65.7 Å². The van der Waals surface area contributed by atoms with Crippen LogP contribution in [0.1, 0.15) is 13.3 Å². The molecule has 0 fully saturated rings. The molecule has 0 amide bonds. The molecule has 3 aromatic rings. The Morgan fingerprint density at radius 1 is 1.12 bits per heavy atom. The summed E-state index contributed by atoms with van der Waals surface area (Å²) in [5.74, 6) is 0. The van der Waals surface area contributed by atoms with Crippen molar-refractivity contribution in [2.24, 2.45) is 0 Å². The van der Waals surface area contributed by atoms with Crippen LogP contribution < -0.4 is 10.5 Å². The van der Waals surface area contributed by atoms with Crippen LogP contribution in [-0.4, -0.2) is 24.7 Å². The molecule has 0 aliphatic rings. The molecule has 3 N–H and O–H groups in total. The van der Waals surface area contributed by atoms with Crippen LogP contribution in [0.5, 0.6) is 0 Å². The van der Waals surface area contributed by atoms with Gasteiger partial charge in [-0.25, -0.2) is 17.8 Å². The maximum Gasteiger partial charge on any atom is 0.241 e. The van der Waals surface area contributed by atoms with E-state index in [0.29, 0.717) is 29.9 Å². The molecule has 3 rings (SSSR count). The maximum atomic E-state index is 12.7. The standard InChI is InChI=1S/C18H20N4O2S/c1-2-11-21-25(23,24)18-9-8-14(19)13-16(18)17-10-12-20-22(17)15-6-4-3-5-7-15/h3-10,12-13,21H,2,11,19H2,1H3. The molecule has 0 saturated heterocycles. The second kappa shape index (κ2) is 7.08. The Bertz CT molecular complexity index is 966. The van der Waals surface area contributed by atoms with Gasteiger partial charge in [0.25, 0.3) is 0 Å². The largest absolute Gasteiger partial charge is 0.399 e. The minimum Gasteiger partial charge on any atom is -0.399 e. The molecule has 1 heterocycles. The van der Waals surface area contributed by atoms with E-state index < -0.39 is 10.0 Å². The second-order valence-corrected chi connectivity index (χ2v) is 7.35. The molecule has 0 bridgehead atoms. The molecule has 0 spiro atoms. The van der Waals surface area contributed by atoms with Gasteiger partial charge in [-0.3, -0.25) is 0 Å². The highest BCUT2D eigenvalue weighted by molar-refractivity contribution is 7.89. The van der Waals surface area contributed by atoms with Crippen LogP contribution >= 0.6 is 0 Å². The minimum atomic E-state index is -3.64. The summed E-state index contributed by atoms with van der Waals surface area (Å²) in [6, 6.07) is 16.1. The lowest BCUT2D eigenvalue weighted by atomic mass is 10.1. The normalized spacial score (nSPS) is 11.6. The fourth-order valence-electron chi connectivity index (χ4n) is 2.58. The Kier molecular flexibility index (Phi) is 4.87. The molecule has 1 aromatic heterocycles. The zero-order chi connectivity index (χ0) is 17.9. The topological polar surface area (TPSA) is 90.0 Å². The van der Waals surface area contributed by atoms with E-state index in [4.69, 9.17) is 5.73 Å². The number of nitrogens with two attached hydrogens (primary N) is 1. The molecule has 130 valence electrons. The number of hydrogen-bond acceptors (Lipinski definition) is 4. The molecular formula is C18H20N4O2S. The number of aromatic nitrogens is 2. The first-order valence-electron chi connectivity index (χ1n) is 8.02. The Hall–Kier alpha value is -2.64. The van der Waals surface area contributed by atoms with Gasteiger partial charge >= 0.3 is 0 Å². The fraction of sp³-hybridized carbons (Fsp3) is 0.167. The number of rotatable bonds is 6. The van der Waals surface area contributed by atoms with Crippen LogP contribution in [0, 0.1) is 0 Å². The number of nitrogens with zero attached hydrogens (tertiary/aromatic N) is 2. The van der Waals surface area contributed by atoms with E-state index in [1.54, 1.807) is 29.1 Å². The number of sulfonamides is 1. The van der Waals surface area contributed by atoms with Crippen LogP contribution in [0.4, 0.5) is 5.69 Å². The molecule has 0 saturated carbocycles. The number of nitrogen functional groups attached to an aromatic ring is 1. The zero-order valence-electron chi connectivity index (χ0n) is 13.9. The number of hydrogen-bond donors (Lipinski definition) is 2. The second-order valence-electron chi connectivity index (χ2n) is 5.62. The highest BCUT2D eigenvalue weighted by Gasteiger charge is 2.21. The quantitative estimate of drug-likeness (QED) is 0.665. The first kappa shape index (κ1) is 17.2. The minimum absolute atomic E-state index is 0.188. The molecule has 7 heteroatoms. The third kappa shape index (κ3) is 3.57. The molecule has 0 unspecified atom stereocenters. The van der Waals surface area contributed by atoms with Gasteiger partial charge in [-0.1, -0.05) is 25.1 Å². The number of para-hydroxylation sites is 1. The predicted octanol–water partition coefficient (Wildman–Crippen LogP) is 2.81. The number of benzene rings is 2. The Morgan fingerprint density at radius 2 is 1.88 bits per heavy atom. The SMILES string of the molecule is CCCNS(=O)(=O)c1ccc(N)cc1-c1ccnn1-c1ccccc1. The van der Waals surface area contributed by atoms with E-state index in [1.807, 2.05) is 37.3 Å². The average molecular weight is 356 g/mol. The third-order valence-electron chi connectivity index (χ3n) is 3.75. The van der Waals surface area contributed by atoms with Crippen molar-refractivity contribution in [3.05, 3.63) is 60.8 Å². The molecule has 0 aliphatic heterocycles. The Balaban J connectivity index is 2.16. The van der Waals surface area contributed by atoms with Gasteiger partial charge in [0.2, 0.25) is 10.0 Å². The first-order valence-corrected chi connectivity index (χ1v) is 9.50. The third-order valence-corrected chi connectivity index (χ3v) is 5.27. The van der Waals surface area contributed by atoms with Crippen molar-refractivity contribution in [1.82, 2.24) is 14.5 Å². The molecular weight excluding hydrogens is 336 g/mol. The van der Waals surface area contributed by atoms with Gasteiger partial charge in [0, 0.05) is 17.8 Å². The summed E-state index contributed by atoms with van der Waals surface area (Å²) >= 11 is 0. The summed E-state index contributed by atoms with van der Waals surface area (Å²) in [6.07, 6.45) is 2.35. The van der Waals surface area contributed by atoms with Gasteiger partial charge in [0.15, 0.2) is 0 Å². The van der Waals surface area contributed by atoms with E-state index in [0.717, 1.165) is 5.69 Å². The van der Waals surface area contributed by atoms with E-state index in [2.05, 4.69) is 9.82 Å². The van der Waals surface area contributed by atoms with E-state index in [1.165, 1.54) is 6.07 Å². The molecule has 2 aromatic carbocycles. The summed E-state index contributed by atoms with van der Waals surface area (Å²) in [4.78, 5) is 0.188. The van der Waals surface area contributed by atoms with Crippen LogP contribution in [-0.2, 0) is 10.0 Å². The lowest BCUT2D eigenvalue weighted by Gasteiger charge is -2.14. The van der Waals surface area contributed by atoms with Gasteiger partial charge in [0.05, 0.1) is 22.5 Å². The van der Waals surface area contributed by atoms with Crippen molar-refractivity contribution < 1.29 is 8.42 Å². The predicted molar refractivity (Wildman–Crippen MR) is 98.9 cm³/mol. The summed E-state index contributed by atoms with van der Waals surface area (Å²) in [5, 5.41) is 4.34. The Labute approximate surface area is 147 Å². The highest BCUT2D eigenvalue weighted by atomic mass is 32.2. The highest BCUT2D eigenvalue weighted by Crippen LogP contribution is 2.30. The van der Waals surface area contributed by atoms with Crippen molar-refractivity contribution >= 4 is 15.7 Å². The summed E-state index contributed by atoms with van der Waals surface area (Å²) in [5.41, 5.74) is 8.44. The molecule has 6 nitrogen and oxygen atoms in total. The Morgan fingerprint density at radius 3 is 2.60 bits per heavy atom. The van der Waals surface area contributed by atoms with E-state index in [9.17, 15) is 8.42 Å².